The molecule has 3 nitrogen and oxygen atoms in total. The molecule has 1 atom stereocenters. The number of rotatable bonds is 3. The molecule has 0 amide bonds. The topological polar surface area (TPSA) is 50.1 Å². The van der Waals surface area contributed by atoms with E-state index in [1.54, 1.807) is 0 Å². The lowest BCUT2D eigenvalue weighted by atomic mass is 9.97. The summed E-state index contributed by atoms with van der Waals surface area (Å²) in [4.78, 5) is 0. The van der Waals surface area contributed by atoms with E-state index in [4.69, 9.17) is 5.73 Å². The number of hydrogen-bond donors (Lipinski definition) is 3. The standard InChI is InChI=1S/C10H21N3/c11-7-10(5-6-12-8-10)13-9-3-1-2-4-9/h9,12-13H,1-8,11H2. The van der Waals surface area contributed by atoms with Gasteiger partial charge in [0.1, 0.15) is 0 Å². The van der Waals surface area contributed by atoms with Crippen molar-refractivity contribution < 1.29 is 0 Å². The Kier molecular flexibility index (Phi) is 2.86. The third-order valence-electron chi connectivity index (χ3n) is 3.50. The second-order valence-electron chi connectivity index (χ2n) is 4.54. The lowest BCUT2D eigenvalue weighted by Gasteiger charge is -2.31. The fourth-order valence-corrected chi connectivity index (χ4v) is 2.60. The predicted molar refractivity (Wildman–Crippen MR) is 54.7 cm³/mol. The van der Waals surface area contributed by atoms with Gasteiger partial charge < -0.3 is 16.4 Å². The SMILES string of the molecule is NCC1(NC2CCCC2)CCNC1. The molecular formula is C10H21N3. The molecule has 13 heavy (non-hydrogen) atoms. The lowest BCUT2D eigenvalue weighted by molar-refractivity contribution is 0.315. The predicted octanol–water partition coefficient (Wildman–Crippen LogP) is 0.209. The molecule has 76 valence electrons. The van der Waals surface area contributed by atoms with Crippen molar-refractivity contribution >= 4 is 0 Å². The zero-order valence-corrected chi connectivity index (χ0v) is 8.31. The van der Waals surface area contributed by atoms with Crippen molar-refractivity contribution in [2.75, 3.05) is 19.6 Å². The van der Waals surface area contributed by atoms with Gasteiger partial charge >= 0.3 is 0 Å². The van der Waals surface area contributed by atoms with Crippen LogP contribution >= 0.6 is 0 Å². The van der Waals surface area contributed by atoms with E-state index in [1.165, 1.54) is 32.1 Å². The molecule has 2 aliphatic rings. The highest BCUT2D eigenvalue weighted by molar-refractivity contribution is 4.99. The molecule has 1 aliphatic heterocycles. The van der Waals surface area contributed by atoms with Gasteiger partial charge in [0.15, 0.2) is 0 Å². The highest BCUT2D eigenvalue weighted by atomic mass is 15.1. The van der Waals surface area contributed by atoms with Crippen molar-refractivity contribution in [2.45, 2.75) is 43.7 Å². The molecule has 2 fully saturated rings. The van der Waals surface area contributed by atoms with Crippen LogP contribution < -0.4 is 16.4 Å². The first-order valence-electron chi connectivity index (χ1n) is 5.53. The normalized spacial score (nSPS) is 35.8. The molecule has 1 aliphatic carbocycles. The van der Waals surface area contributed by atoms with Crippen LogP contribution in [0.3, 0.4) is 0 Å². The van der Waals surface area contributed by atoms with E-state index in [1.807, 2.05) is 0 Å². The lowest BCUT2D eigenvalue weighted by Crippen LogP contribution is -2.56. The second kappa shape index (κ2) is 3.95. The van der Waals surface area contributed by atoms with E-state index in [0.29, 0.717) is 0 Å². The fraction of sp³-hybridized carbons (Fsp3) is 1.00. The molecule has 1 saturated heterocycles. The average Bonchev–Trinajstić information content (AvgIpc) is 2.77. The van der Waals surface area contributed by atoms with E-state index in [9.17, 15) is 0 Å². The van der Waals surface area contributed by atoms with Crippen LogP contribution in [0.4, 0.5) is 0 Å². The summed E-state index contributed by atoms with van der Waals surface area (Å²) in [5, 5.41) is 7.15. The zero-order chi connectivity index (χ0) is 9.15. The molecule has 1 heterocycles. The van der Waals surface area contributed by atoms with E-state index in [-0.39, 0.29) is 5.54 Å². The van der Waals surface area contributed by atoms with Gasteiger partial charge in [-0.15, -0.1) is 0 Å². The van der Waals surface area contributed by atoms with Crippen molar-refractivity contribution in [1.29, 1.82) is 0 Å². The van der Waals surface area contributed by atoms with Gasteiger partial charge in [0.25, 0.3) is 0 Å². The summed E-state index contributed by atoms with van der Waals surface area (Å²) in [5.41, 5.74) is 6.06. The highest BCUT2D eigenvalue weighted by Gasteiger charge is 2.34. The maximum absolute atomic E-state index is 5.84. The summed E-state index contributed by atoms with van der Waals surface area (Å²) in [6.07, 6.45) is 6.68. The Bertz CT molecular complexity index is 158. The first-order chi connectivity index (χ1) is 6.35. The Hall–Kier alpha value is -0.120. The molecule has 3 heteroatoms. The maximum Gasteiger partial charge on any atom is 0.0444 e. The van der Waals surface area contributed by atoms with Crippen LogP contribution in [0.15, 0.2) is 0 Å². The summed E-state index contributed by atoms with van der Waals surface area (Å²) >= 11 is 0. The van der Waals surface area contributed by atoms with Crippen LogP contribution in [0.1, 0.15) is 32.1 Å². The Labute approximate surface area is 80.5 Å². The van der Waals surface area contributed by atoms with Gasteiger partial charge in [0.05, 0.1) is 0 Å². The molecule has 4 N–H and O–H groups in total. The molecular weight excluding hydrogens is 162 g/mol. The summed E-state index contributed by atoms with van der Waals surface area (Å²) in [6.45, 7) is 2.95. The van der Waals surface area contributed by atoms with E-state index >= 15 is 0 Å². The Balaban J connectivity index is 1.88. The summed E-state index contributed by atoms with van der Waals surface area (Å²) < 4.78 is 0. The fourth-order valence-electron chi connectivity index (χ4n) is 2.60. The van der Waals surface area contributed by atoms with Gasteiger partial charge in [0.2, 0.25) is 0 Å². The number of nitrogens with two attached hydrogens (primary N) is 1. The molecule has 0 aromatic rings. The van der Waals surface area contributed by atoms with Gasteiger partial charge in [-0.3, -0.25) is 0 Å². The maximum atomic E-state index is 5.84. The van der Waals surface area contributed by atoms with Crippen molar-refractivity contribution in [3.63, 3.8) is 0 Å². The minimum absolute atomic E-state index is 0.217. The third-order valence-corrected chi connectivity index (χ3v) is 3.50. The van der Waals surface area contributed by atoms with Gasteiger partial charge in [-0.25, -0.2) is 0 Å². The third kappa shape index (κ3) is 2.03. The summed E-state index contributed by atoms with van der Waals surface area (Å²) in [6, 6.07) is 0.739. The van der Waals surface area contributed by atoms with Crippen LogP contribution in [0.5, 0.6) is 0 Å². The molecule has 2 rings (SSSR count). The Morgan fingerprint density at radius 2 is 2.15 bits per heavy atom. The first-order valence-corrected chi connectivity index (χ1v) is 5.53. The van der Waals surface area contributed by atoms with Crippen LogP contribution in [0, 0.1) is 0 Å². The van der Waals surface area contributed by atoms with Crippen LogP contribution in [-0.2, 0) is 0 Å². The quantitative estimate of drug-likeness (QED) is 0.586. The molecule has 0 aromatic heterocycles. The molecule has 0 spiro atoms. The van der Waals surface area contributed by atoms with Crippen molar-refractivity contribution in [1.82, 2.24) is 10.6 Å². The van der Waals surface area contributed by atoms with E-state index < -0.39 is 0 Å². The molecule has 1 unspecified atom stereocenters. The number of hydrogen-bond acceptors (Lipinski definition) is 3. The molecule has 0 bridgehead atoms. The van der Waals surface area contributed by atoms with Gasteiger partial charge in [-0.2, -0.15) is 0 Å². The number of nitrogens with one attached hydrogen (secondary N) is 2. The van der Waals surface area contributed by atoms with Gasteiger partial charge in [0, 0.05) is 24.7 Å². The van der Waals surface area contributed by atoms with Crippen molar-refractivity contribution in [3.05, 3.63) is 0 Å². The highest BCUT2D eigenvalue weighted by Crippen LogP contribution is 2.22. The van der Waals surface area contributed by atoms with E-state index in [2.05, 4.69) is 10.6 Å². The summed E-state index contributed by atoms with van der Waals surface area (Å²) in [5.74, 6) is 0. The Morgan fingerprint density at radius 1 is 1.38 bits per heavy atom. The average molecular weight is 183 g/mol. The molecule has 0 radical (unpaired) electrons. The van der Waals surface area contributed by atoms with Gasteiger partial charge in [-0.1, -0.05) is 12.8 Å². The first kappa shape index (κ1) is 9.44. The van der Waals surface area contributed by atoms with Crippen LogP contribution in [-0.4, -0.2) is 31.2 Å². The monoisotopic (exact) mass is 183 g/mol. The molecule has 1 saturated carbocycles. The minimum Gasteiger partial charge on any atom is -0.329 e. The van der Waals surface area contributed by atoms with Crippen LogP contribution in [0.25, 0.3) is 0 Å². The smallest absolute Gasteiger partial charge is 0.0444 e. The summed E-state index contributed by atoms with van der Waals surface area (Å²) in [7, 11) is 0. The second-order valence-corrected chi connectivity index (χ2v) is 4.54. The molecule has 0 aromatic carbocycles. The van der Waals surface area contributed by atoms with Gasteiger partial charge in [-0.05, 0) is 25.8 Å². The van der Waals surface area contributed by atoms with Crippen LogP contribution in [0.2, 0.25) is 0 Å². The zero-order valence-electron chi connectivity index (χ0n) is 8.31. The van der Waals surface area contributed by atoms with E-state index in [0.717, 1.165) is 25.7 Å². The van der Waals surface area contributed by atoms with Crippen molar-refractivity contribution in [2.24, 2.45) is 5.73 Å². The largest absolute Gasteiger partial charge is 0.329 e. The Morgan fingerprint density at radius 3 is 2.69 bits per heavy atom. The minimum atomic E-state index is 0.217. The van der Waals surface area contributed by atoms with Crippen molar-refractivity contribution in [3.8, 4) is 0 Å².